The molecule has 17 heteroatoms. The van der Waals surface area contributed by atoms with E-state index in [2.05, 4.69) is 25.3 Å². The van der Waals surface area contributed by atoms with Gasteiger partial charge in [-0.25, -0.2) is 26.6 Å². The number of nitrogens with one attached hydrogen (secondary N) is 2. The fourth-order valence-corrected chi connectivity index (χ4v) is 6.11. The highest BCUT2D eigenvalue weighted by atomic mass is 35.5. The molecular weight excluding hydrogens is 683 g/mol. The average Bonchev–Trinajstić information content (AvgIpc) is 3.07. The predicted molar refractivity (Wildman–Crippen MR) is 169 cm³/mol. The molecule has 1 aromatic heterocycles. The minimum atomic E-state index is -3.59. The van der Waals surface area contributed by atoms with Crippen LogP contribution in [0, 0.1) is 29.1 Å². The van der Waals surface area contributed by atoms with Crippen LogP contribution < -0.4 is 20.3 Å². The second-order valence-electron chi connectivity index (χ2n) is 10.9. The van der Waals surface area contributed by atoms with Gasteiger partial charge in [-0.1, -0.05) is 23.7 Å². The van der Waals surface area contributed by atoms with Gasteiger partial charge in [0.15, 0.2) is 15.7 Å². The van der Waals surface area contributed by atoms with Crippen molar-refractivity contribution in [2.75, 3.05) is 48.3 Å². The summed E-state index contributed by atoms with van der Waals surface area (Å²) in [6, 6.07) is 13.7. The Morgan fingerprint density at radius 3 is 2.12 bits per heavy atom. The van der Waals surface area contributed by atoms with Crippen molar-refractivity contribution in [1.29, 1.82) is 0 Å². The molecule has 0 bridgehead atoms. The molecule has 1 aliphatic heterocycles. The van der Waals surface area contributed by atoms with Crippen molar-refractivity contribution < 1.29 is 39.9 Å². The molecule has 1 aliphatic rings. The van der Waals surface area contributed by atoms with Crippen LogP contribution in [-0.4, -0.2) is 67.2 Å². The van der Waals surface area contributed by atoms with Gasteiger partial charge in [0.25, 0.3) is 0 Å². The number of hydrogen-bond acceptors (Lipinski definition) is 10. The molecule has 10 nitrogen and oxygen atoms in total. The van der Waals surface area contributed by atoms with Crippen LogP contribution in [0.25, 0.3) is 0 Å². The molecule has 1 fully saturated rings. The fraction of sp³-hybridized carbons (Fsp3) is 0.258. The Morgan fingerprint density at radius 1 is 0.896 bits per heavy atom. The molecule has 0 radical (unpaired) electrons. The Bertz CT molecular complexity index is 1920. The zero-order chi connectivity index (χ0) is 34.7. The van der Waals surface area contributed by atoms with Gasteiger partial charge < -0.3 is 20.3 Å². The number of esters is 1. The summed E-state index contributed by atoms with van der Waals surface area (Å²) < 4.78 is 98.0. The molecule has 0 spiro atoms. The Kier molecular flexibility index (Phi) is 10.4. The van der Waals surface area contributed by atoms with Crippen molar-refractivity contribution in [3.8, 4) is 5.75 Å². The van der Waals surface area contributed by atoms with Crippen LogP contribution in [0.4, 0.5) is 50.8 Å². The van der Waals surface area contributed by atoms with Crippen LogP contribution in [0.1, 0.15) is 13.8 Å². The van der Waals surface area contributed by atoms with E-state index in [0.717, 1.165) is 5.69 Å². The topological polar surface area (TPSA) is 117 Å². The molecule has 5 rings (SSSR count). The lowest BCUT2D eigenvalue weighted by Gasteiger charge is -2.35. The summed E-state index contributed by atoms with van der Waals surface area (Å²) in [5.74, 6) is -13.6. The molecule has 0 unspecified atom stereocenters. The van der Waals surface area contributed by atoms with E-state index in [0.29, 0.717) is 37.6 Å². The first-order valence-electron chi connectivity index (χ1n) is 14.4. The summed E-state index contributed by atoms with van der Waals surface area (Å²) in [5.41, 5.74) is 1.82. The van der Waals surface area contributed by atoms with E-state index in [1.807, 2.05) is 17.0 Å². The van der Waals surface area contributed by atoms with Gasteiger partial charge in [0.2, 0.25) is 40.8 Å². The molecule has 0 saturated carbocycles. The maximum atomic E-state index is 13.9. The van der Waals surface area contributed by atoms with Gasteiger partial charge in [-0.15, -0.1) is 0 Å². The number of para-hydroxylation sites is 1. The summed E-state index contributed by atoms with van der Waals surface area (Å²) in [4.78, 5) is 24.6. The van der Waals surface area contributed by atoms with Gasteiger partial charge in [-0.2, -0.15) is 13.8 Å². The summed E-state index contributed by atoms with van der Waals surface area (Å²) in [6.45, 7) is 4.40. The van der Waals surface area contributed by atoms with Crippen LogP contribution in [0.5, 0.6) is 5.75 Å². The van der Waals surface area contributed by atoms with Crippen molar-refractivity contribution in [1.82, 2.24) is 14.9 Å². The molecular formula is C31H28ClF5N6O4S. The Morgan fingerprint density at radius 2 is 1.50 bits per heavy atom. The van der Waals surface area contributed by atoms with Crippen molar-refractivity contribution in [3.05, 3.63) is 88.8 Å². The standard InChI is InChI=1S/C31H28ClF5N6O4S/c1-17(2)48(45,46)22-6-4-3-5-21(22)40-30-20(32)15-38-31(41-30)39-18-7-9-19(10-8-18)43-13-11-42(12-14-43)16-23(44)47-29-27(36)25(34)24(33)26(35)28(29)37/h3-10,15,17H,11-14,16H2,1-2H3,(H2,38,39,40,41). The molecule has 0 aliphatic carbocycles. The van der Waals surface area contributed by atoms with Gasteiger partial charge in [-0.05, 0) is 50.2 Å². The number of benzene rings is 3. The number of anilines is 5. The predicted octanol–water partition coefficient (Wildman–Crippen LogP) is 6.22. The van der Waals surface area contributed by atoms with Crippen molar-refractivity contribution in [2.24, 2.45) is 0 Å². The third-order valence-electron chi connectivity index (χ3n) is 7.41. The number of ether oxygens (including phenoxy) is 1. The molecule has 3 aromatic carbocycles. The largest absolute Gasteiger partial charge is 0.419 e. The highest BCUT2D eigenvalue weighted by molar-refractivity contribution is 7.92. The number of hydrogen-bond donors (Lipinski definition) is 2. The lowest BCUT2D eigenvalue weighted by Crippen LogP contribution is -2.48. The van der Waals surface area contributed by atoms with Gasteiger partial charge in [0.05, 0.1) is 28.6 Å². The summed E-state index contributed by atoms with van der Waals surface area (Å²) in [7, 11) is -3.59. The number of nitrogens with zero attached hydrogens (tertiary/aromatic N) is 4. The smallest absolute Gasteiger partial charge is 0.325 e. The van der Waals surface area contributed by atoms with Gasteiger partial charge in [0, 0.05) is 37.6 Å². The van der Waals surface area contributed by atoms with E-state index in [1.54, 1.807) is 49.1 Å². The number of sulfone groups is 1. The summed E-state index contributed by atoms with van der Waals surface area (Å²) in [5, 5.41) is 5.62. The third-order valence-corrected chi connectivity index (χ3v) is 9.90. The maximum absolute atomic E-state index is 13.9. The SMILES string of the molecule is CC(C)S(=O)(=O)c1ccccc1Nc1nc(Nc2ccc(N3CCN(CC(=O)Oc4c(F)c(F)c(F)c(F)c4F)CC3)cc2)ncc1Cl. The maximum Gasteiger partial charge on any atom is 0.325 e. The number of piperazine rings is 1. The first-order valence-corrected chi connectivity index (χ1v) is 16.4. The molecule has 1 saturated heterocycles. The van der Waals surface area contributed by atoms with Crippen molar-refractivity contribution in [2.45, 2.75) is 24.0 Å². The fourth-order valence-electron chi connectivity index (χ4n) is 4.77. The van der Waals surface area contributed by atoms with E-state index < -0.39 is 62.4 Å². The van der Waals surface area contributed by atoms with E-state index in [4.69, 9.17) is 11.6 Å². The van der Waals surface area contributed by atoms with Crippen LogP contribution in [0.2, 0.25) is 5.02 Å². The molecule has 0 atom stereocenters. The van der Waals surface area contributed by atoms with E-state index in [9.17, 15) is 35.2 Å². The second kappa shape index (κ2) is 14.3. The van der Waals surface area contributed by atoms with E-state index >= 15 is 0 Å². The molecule has 254 valence electrons. The van der Waals surface area contributed by atoms with Crippen molar-refractivity contribution in [3.63, 3.8) is 0 Å². The van der Waals surface area contributed by atoms with Gasteiger partial charge in [-0.3, -0.25) is 9.69 Å². The first-order chi connectivity index (χ1) is 22.8. The van der Waals surface area contributed by atoms with Crippen LogP contribution in [-0.2, 0) is 14.6 Å². The molecule has 2 N–H and O–H groups in total. The minimum Gasteiger partial charge on any atom is -0.419 e. The Labute approximate surface area is 277 Å². The monoisotopic (exact) mass is 710 g/mol. The minimum absolute atomic E-state index is 0.115. The van der Waals surface area contributed by atoms with Crippen LogP contribution in [0.3, 0.4) is 0 Å². The van der Waals surface area contributed by atoms with Gasteiger partial charge in [0.1, 0.15) is 5.02 Å². The highest BCUT2D eigenvalue weighted by Crippen LogP contribution is 2.32. The zero-order valence-corrected chi connectivity index (χ0v) is 27.0. The third kappa shape index (κ3) is 7.45. The number of rotatable bonds is 10. The van der Waals surface area contributed by atoms with Crippen LogP contribution >= 0.6 is 11.6 Å². The molecule has 0 amide bonds. The number of aromatic nitrogens is 2. The lowest BCUT2D eigenvalue weighted by atomic mass is 10.2. The number of carbonyl (C=O) groups is 1. The number of halogens is 6. The van der Waals surface area contributed by atoms with E-state index in [1.165, 1.54) is 12.3 Å². The molecule has 4 aromatic rings. The lowest BCUT2D eigenvalue weighted by molar-refractivity contribution is -0.136. The first kappa shape index (κ1) is 34.8. The summed E-state index contributed by atoms with van der Waals surface area (Å²) >= 11 is 6.32. The Balaban J connectivity index is 1.17. The quantitative estimate of drug-likeness (QED) is 0.0646. The molecule has 48 heavy (non-hydrogen) atoms. The normalized spacial score (nSPS) is 13.9. The highest BCUT2D eigenvalue weighted by Gasteiger charge is 2.29. The number of carbonyl (C=O) groups excluding carboxylic acids is 1. The average molecular weight is 711 g/mol. The Hall–Kier alpha value is -4.54. The van der Waals surface area contributed by atoms with Crippen molar-refractivity contribution >= 4 is 56.2 Å². The zero-order valence-electron chi connectivity index (χ0n) is 25.4. The van der Waals surface area contributed by atoms with E-state index in [-0.39, 0.29) is 21.7 Å². The molecule has 2 heterocycles. The summed E-state index contributed by atoms with van der Waals surface area (Å²) in [6.07, 6.45) is 1.38. The van der Waals surface area contributed by atoms with Crippen LogP contribution in [0.15, 0.2) is 59.6 Å². The second-order valence-corrected chi connectivity index (χ2v) is 13.8. The van der Waals surface area contributed by atoms with Gasteiger partial charge >= 0.3 is 5.97 Å².